The second-order valence-electron chi connectivity index (χ2n) is 9.24. The highest BCUT2D eigenvalue weighted by atomic mass is 16.2. The van der Waals surface area contributed by atoms with Crippen LogP contribution in [0, 0.1) is 0 Å². The molecule has 1 aliphatic heterocycles. The summed E-state index contributed by atoms with van der Waals surface area (Å²) in [6.07, 6.45) is 9.45. The van der Waals surface area contributed by atoms with E-state index in [1.165, 1.54) is 0 Å². The average Bonchev–Trinajstić information content (AvgIpc) is 2.96. The van der Waals surface area contributed by atoms with Crippen LogP contribution in [0.5, 0.6) is 0 Å². The number of nitrogens with one attached hydrogen (secondary N) is 2. The third kappa shape index (κ3) is 7.14. The lowest BCUT2D eigenvalue weighted by Crippen LogP contribution is -2.51. The summed E-state index contributed by atoms with van der Waals surface area (Å²) in [5, 5.41) is 5.77. The predicted octanol–water partition coefficient (Wildman–Crippen LogP) is 3.63. The zero-order valence-electron chi connectivity index (χ0n) is 21.3. The quantitative estimate of drug-likeness (QED) is 0.359. The Labute approximate surface area is 222 Å². The van der Waals surface area contributed by atoms with Gasteiger partial charge in [-0.05, 0) is 54.8 Å². The molecule has 0 spiro atoms. The van der Waals surface area contributed by atoms with E-state index < -0.39 is 6.04 Å². The minimum absolute atomic E-state index is 0.161. The minimum atomic E-state index is -0.779. The summed E-state index contributed by atoms with van der Waals surface area (Å²) in [7, 11) is 0. The standard InChI is InChI=1S/C30H33N5O3/c31-16-7-15-28(36)33-25-13-6-11-23(20-25)29(37)34-26(19-22-9-2-1-3-10-22)30(38)35-18-5-4-14-27(35)24-12-8-17-32-21-24/h1-6,8-13,17,20-21,26-27H,7,14-16,18-19,31H2,(H,33,36)(H,34,37)/t26-,27?/m0/s1. The molecule has 1 unspecified atom stereocenters. The van der Waals surface area contributed by atoms with Crippen LogP contribution in [0.2, 0.25) is 0 Å². The Balaban J connectivity index is 1.55. The molecule has 3 aromatic rings. The molecule has 0 aliphatic carbocycles. The van der Waals surface area contributed by atoms with E-state index in [-0.39, 0.29) is 23.8 Å². The highest BCUT2D eigenvalue weighted by Gasteiger charge is 2.32. The van der Waals surface area contributed by atoms with Gasteiger partial charge in [0, 0.05) is 43.0 Å². The molecule has 1 aliphatic rings. The van der Waals surface area contributed by atoms with Gasteiger partial charge in [0.15, 0.2) is 0 Å². The van der Waals surface area contributed by atoms with E-state index in [4.69, 9.17) is 5.73 Å². The van der Waals surface area contributed by atoms with Gasteiger partial charge in [0.05, 0.1) is 6.04 Å². The van der Waals surface area contributed by atoms with Crippen LogP contribution >= 0.6 is 0 Å². The van der Waals surface area contributed by atoms with Crippen LogP contribution in [0.4, 0.5) is 5.69 Å². The summed E-state index contributed by atoms with van der Waals surface area (Å²) in [5.41, 5.74) is 8.25. The topological polar surface area (TPSA) is 117 Å². The summed E-state index contributed by atoms with van der Waals surface area (Å²) >= 11 is 0. The molecule has 0 fully saturated rings. The predicted molar refractivity (Wildman–Crippen MR) is 147 cm³/mol. The van der Waals surface area contributed by atoms with E-state index in [9.17, 15) is 14.4 Å². The Morgan fingerprint density at radius 2 is 1.87 bits per heavy atom. The average molecular weight is 512 g/mol. The fourth-order valence-electron chi connectivity index (χ4n) is 4.52. The van der Waals surface area contributed by atoms with Crippen molar-refractivity contribution in [2.45, 2.75) is 37.8 Å². The number of benzene rings is 2. The summed E-state index contributed by atoms with van der Waals surface area (Å²) in [6, 6.07) is 19.2. The molecular weight excluding hydrogens is 478 g/mol. The monoisotopic (exact) mass is 511 g/mol. The van der Waals surface area contributed by atoms with Gasteiger partial charge < -0.3 is 21.3 Å². The van der Waals surface area contributed by atoms with Crippen molar-refractivity contribution in [1.29, 1.82) is 0 Å². The number of hydrogen-bond acceptors (Lipinski definition) is 5. The SMILES string of the molecule is NCCCC(=O)Nc1cccc(C(=O)N[C@@H](Cc2ccccc2)C(=O)N2CC=CCC2c2cccnc2)c1. The van der Waals surface area contributed by atoms with Crippen molar-refractivity contribution in [2.24, 2.45) is 5.73 Å². The zero-order valence-corrected chi connectivity index (χ0v) is 21.3. The number of carbonyl (C=O) groups excluding carboxylic acids is 3. The number of nitrogens with two attached hydrogens (primary N) is 1. The molecule has 0 saturated heterocycles. The number of rotatable bonds is 10. The van der Waals surface area contributed by atoms with Crippen molar-refractivity contribution in [2.75, 3.05) is 18.4 Å². The molecule has 2 heterocycles. The van der Waals surface area contributed by atoms with Crippen LogP contribution in [-0.4, -0.2) is 46.7 Å². The van der Waals surface area contributed by atoms with E-state index in [1.807, 2.05) is 48.5 Å². The lowest BCUT2D eigenvalue weighted by molar-refractivity contribution is -0.135. The van der Waals surface area contributed by atoms with Crippen LogP contribution in [0.15, 0.2) is 91.3 Å². The maximum Gasteiger partial charge on any atom is 0.252 e. The van der Waals surface area contributed by atoms with Crippen LogP contribution in [0.25, 0.3) is 0 Å². The third-order valence-corrected chi connectivity index (χ3v) is 6.46. The largest absolute Gasteiger partial charge is 0.340 e. The van der Waals surface area contributed by atoms with E-state index >= 15 is 0 Å². The van der Waals surface area contributed by atoms with E-state index in [2.05, 4.69) is 21.7 Å². The molecule has 3 amide bonds. The van der Waals surface area contributed by atoms with Crippen molar-refractivity contribution in [3.63, 3.8) is 0 Å². The van der Waals surface area contributed by atoms with Gasteiger partial charge in [-0.25, -0.2) is 0 Å². The normalized spacial score (nSPS) is 15.5. The first-order valence-electron chi connectivity index (χ1n) is 12.9. The zero-order chi connectivity index (χ0) is 26.7. The lowest BCUT2D eigenvalue weighted by Gasteiger charge is -2.36. The molecule has 0 bridgehead atoms. The van der Waals surface area contributed by atoms with Crippen LogP contribution in [0.1, 0.15) is 46.8 Å². The van der Waals surface area contributed by atoms with Gasteiger partial charge in [-0.15, -0.1) is 0 Å². The van der Waals surface area contributed by atoms with Crippen LogP contribution in [-0.2, 0) is 16.0 Å². The molecule has 0 saturated carbocycles. The summed E-state index contributed by atoms with van der Waals surface area (Å²) in [6.45, 7) is 0.880. The number of anilines is 1. The fourth-order valence-corrected chi connectivity index (χ4v) is 4.52. The maximum atomic E-state index is 14.0. The van der Waals surface area contributed by atoms with Crippen LogP contribution < -0.4 is 16.4 Å². The number of aromatic nitrogens is 1. The minimum Gasteiger partial charge on any atom is -0.340 e. The van der Waals surface area contributed by atoms with E-state index in [0.717, 1.165) is 11.1 Å². The van der Waals surface area contributed by atoms with Crippen LogP contribution in [0.3, 0.4) is 0 Å². The van der Waals surface area contributed by atoms with Gasteiger partial charge in [-0.3, -0.25) is 19.4 Å². The first kappa shape index (κ1) is 26.8. The second kappa shape index (κ2) is 13.3. The van der Waals surface area contributed by atoms with Crippen molar-refractivity contribution in [1.82, 2.24) is 15.2 Å². The fraction of sp³-hybridized carbons (Fsp3) is 0.267. The molecule has 4 N–H and O–H groups in total. The van der Waals surface area contributed by atoms with Gasteiger partial charge in [-0.1, -0.05) is 54.6 Å². The molecular formula is C30H33N5O3. The van der Waals surface area contributed by atoms with Gasteiger partial charge in [0.1, 0.15) is 6.04 Å². The Hall–Kier alpha value is -4.30. The molecule has 8 heteroatoms. The second-order valence-corrected chi connectivity index (χ2v) is 9.24. The van der Waals surface area contributed by atoms with Crippen molar-refractivity contribution < 1.29 is 14.4 Å². The maximum absolute atomic E-state index is 14.0. The first-order chi connectivity index (χ1) is 18.5. The Bertz CT molecular complexity index is 1260. The van der Waals surface area contributed by atoms with Gasteiger partial charge in [0.2, 0.25) is 11.8 Å². The molecule has 2 atom stereocenters. The summed E-state index contributed by atoms with van der Waals surface area (Å²) in [4.78, 5) is 45.5. The number of amides is 3. The van der Waals surface area contributed by atoms with Gasteiger partial charge >= 0.3 is 0 Å². The number of hydrogen-bond donors (Lipinski definition) is 3. The molecule has 8 nitrogen and oxygen atoms in total. The highest BCUT2D eigenvalue weighted by molar-refractivity contribution is 5.99. The van der Waals surface area contributed by atoms with E-state index in [0.29, 0.717) is 50.0 Å². The molecule has 4 rings (SSSR count). The van der Waals surface area contributed by atoms with Crippen molar-refractivity contribution in [3.05, 3.63) is 108 Å². The lowest BCUT2D eigenvalue weighted by atomic mass is 9.97. The molecule has 38 heavy (non-hydrogen) atoms. The molecule has 196 valence electrons. The molecule has 2 aromatic carbocycles. The summed E-state index contributed by atoms with van der Waals surface area (Å²) in [5.74, 6) is -0.709. The van der Waals surface area contributed by atoms with Crippen molar-refractivity contribution in [3.8, 4) is 0 Å². The smallest absolute Gasteiger partial charge is 0.252 e. The highest BCUT2D eigenvalue weighted by Crippen LogP contribution is 2.28. The Morgan fingerprint density at radius 3 is 2.63 bits per heavy atom. The first-order valence-corrected chi connectivity index (χ1v) is 12.9. The molecule has 1 aromatic heterocycles. The van der Waals surface area contributed by atoms with Gasteiger partial charge in [0.25, 0.3) is 5.91 Å². The summed E-state index contributed by atoms with van der Waals surface area (Å²) < 4.78 is 0. The van der Waals surface area contributed by atoms with Crippen molar-refractivity contribution >= 4 is 23.4 Å². The van der Waals surface area contributed by atoms with E-state index in [1.54, 1.807) is 41.6 Å². The van der Waals surface area contributed by atoms with Gasteiger partial charge in [-0.2, -0.15) is 0 Å². The Morgan fingerprint density at radius 1 is 1.03 bits per heavy atom. The molecule has 0 radical (unpaired) electrons. The number of carbonyl (C=O) groups is 3. The Kier molecular flexibility index (Phi) is 9.37. The third-order valence-electron chi connectivity index (χ3n) is 6.46. The number of pyridine rings is 1. The number of nitrogens with zero attached hydrogens (tertiary/aromatic N) is 2.